The zero-order valence-electron chi connectivity index (χ0n) is 11.1. The second-order valence-corrected chi connectivity index (χ2v) is 4.89. The molecule has 0 aliphatic carbocycles. The summed E-state index contributed by atoms with van der Waals surface area (Å²) in [7, 11) is 0. The zero-order valence-corrected chi connectivity index (χ0v) is 12.0. The van der Waals surface area contributed by atoms with Gasteiger partial charge in [-0.15, -0.1) is 0 Å². The number of hydrogen-bond donors (Lipinski definition) is 0. The highest BCUT2D eigenvalue weighted by Gasteiger charge is 2.02. The standard InChI is InChI=1S/C9H12O2S.C2H2N4O2/c1-6-4-7(2)9(12(10)11)8(3)5-6;7-6(8)5-2-3-1-4-5/h4-5H,1-3H3,(H,10,11);1-2H/p-1. The Kier molecular flexibility index (Phi) is 5.47. The SMILES string of the molecule is Cc1cc(C)c(S(=O)[O-])c(C)c1.O=[N+]([O-])n1cncn1. The summed E-state index contributed by atoms with van der Waals surface area (Å²) < 4.78 is 21.5. The summed E-state index contributed by atoms with van der Waals surface area (Å²) in [6.45, 7) is 5.58. The van der Waals surface area contributed by atoms with Gasteiger partial charge in [0, 0.05) is 9.69 Å². The number of hydrogen-bond acceptors (Lipinski definition) is 6. The fraction of sp³-hybridized carbons (Fsp3) is 0.273. The summed E-state index contributed by atoms with van der Waals surface area (Å²) in [5, 5.41) is 12.3. The van der Waals surface area contributed by atoms with E-state index in [4.69, 9.17) is 0 Å². The highest BCUT2D eigenvalue weighted by atomic mass is 32.2. The molecule has 0 radical (unpaired) electrons. The maximum Gasteiger partial charge on any atom is 0.258 e. The van der Waals surface area contributed by atoms with Crippen LogP contribution < -0.4 is 0 Å². The van der Waals surface area contributed by atoms with E-state index < -0.39 is 16.1 Å². The lowest BCUT2D eigenvalue weighted by molar-refractivity contribution is -0.553. The Labute approximate surface area is 117 Å². The monoisotopic (exact) mass is 297 g/mol. The molecule has 0 saturated carbocycles. The first-order valence-corrected chi connectivity index (χ1v) is 6.57. The highest BCUT2D eigenvalue weighted by molar-refractivity contribution is 7.79. The van der Waals surface area contributed by atoms with E-state index in [2.05, 4.69) is 10.1 Å². The first kappa shape index (κ1) is 15.9. The Bertz CT molecular complexity index is 604. The van der Waals surface area contributed by atoms with Crippen LogP contribution >= 0.6 is 0 Å². The summed E-state index contributed by atoms with van der Waals surface area (Å²) in [5.41, 5.74) is 2.74. The topological polar surface area (TPSA) is 114 Å². The first-order valence-electron chi connectivity index (χ1n) is 5.49. The lowest BCUT2D eigenvalue weighted by atomic mass is 10.1. The molecule has 0 bridgehead atoms. The van der Waals surface area contributed by atoms with Crippen molar-refractivity contribution in [2.75, 3.05) is 0 Å². The quantitative estimate of drug-likeness (QED) is 0.467. The van der Waals surface area contributed by atoms with Crippen LogP contribution in [0.2, 0.25) is 0 Å². The number of aryl methyl sites for hydroxylation is 3. The number of benzene rings is 1. The average molecular weight is 297 g/mol. The van der Waals surface area contributed by atoms with Gasteiger partial charge in [-0.25, -0.2) is 0 Å². The molecule has 1 atom stereocenters. The van der Waals surface area contributed by atoms with E-state index in [0.717, 1.165) is 29.3 Å². The van der Waals surface area contributed by atoms with Gasteiger partial charge < -0.3 is 14.7 Å². The van der Waals surface area contributed by atoms with Crippen LogP contribution in [0.3, 0.4) is 0 Å². The fourth-order valence-corrected chi connectivity index (χ4v) is 2.36. The van der Waals surface area contributed by atoms with Gasteiger partial charge in [0.05, 0.1) is 10.1 Å². The van der Waals surface area contributed by atoms with Gasteiger partial charge in [0.25, 0.3) is 6.33 Å². The molecule has 20 heavy (non-hydrogen) atoms. The Hall–Kier alpha value is -2.13. The molecule has 0 saturated heterocycles. The Morgan fingerprint density at radius 1 is 1.25 bits per heavy atom. The lowest BCUT2D eigenvalue weighted by Gasteiger charge is -2.12. The summed E-state index contributed by atoms with van der Waals surface area (Å²) in [6.07, 6.45) is 2.11. The third kappa shape index (κ3) is 4.21. The number of rotatable bonds is 2. The molecule has 2 aromatic rings. The van der Waals surface area contributed by atoms with Gasteiger partial charge in [-0.3, -0.25) is 4.21 Å². The van der Waals surface area contributed by atoms with Crippen LogP contribution in [-0.2, 0) is 11.1 Å². The minimum Gasteiger partial charge on any atom is -0.768 e. The van der Waals surface area contributed by atoms with Crippen molar-refractivity contribution in [1.29, 1.82) is 0 Å². The molecule has 0 spiro atoms. The second kappa shape index (κ2) is 6.87. The largest absolute Gasteiger partial charge is 0.768 e. The Morgan fingerprint density at radius 2 is 1.80 bits per heavy atom. The molecule has 0 fully saturated rings. The van der Waals surface area contributed by atoms with Crippen molar-refractivity contribution in [1.82, 2.24) is 14.9 Å². The maximum absolute atomic E-state index is 10.8. The van der Waals surface area contributed by atoms with Gasteiger partial charge in [0.1, 0.15) is 0 Å². The zero-order chi connectivity index (χ0) is 15.3. The molecule has 0 amide bonds. The summed E-state index contributed by atoms with van der Waals surface area (Å²) in [4.78, 5) is 14.0. The summed E-state index contributed by atoms with van der Waals surface area (Å²) >= 11 is -2.11. The van der Waals surface area contributed by atoms with Crippen LogP contribution in [0.4, 0.5) is 0 Å². The van der Waals surface area contributed by atoms with Gasteiger partial charge >= 0.3 is 0 Å². The second-order valence-electron chi connectivity index (χ2n) is 4.02. The molecule has 1 aromatic heterocycles. The predicted molar refractivity (Wildman–Crippen MR) is 70.3 cm³/mol. The highest BCUT2D eigenvalue weighted by Crippen LogP contribution is 2.18. The smallest absolute Gasteiger partial charge is 0.258 e. The van der Waals surface area contributed by atoms with Crippen molar-refractivity contribution in [3.05, 3.63) is 51.6 Å². The van der Waals surface area contributed by atoms with Crippen molar-refractivity contribution in [2.45, 2.75) is 25.7 Å². The van der Waals surface area contributed by atoms with Crippen LogP contribution in [0.1, 0.15) is 16.7 Å². The molecule has 1 heterocycles. The molecule has 1 aromatic carbocycles. The van der Waals surface area contributed by atoms with E-state index in [0.29, 0.717) is 9.69 Å². The van der Waals surface area contributed by atoms with E-state index in [9.17, 15) is 18.9 Å². The Balaban J connectivity index is 0.000000217. The van der Waals surface area contributed by atoms with Crippen molar-refractivity contribution >= 4 is 11.1 Å². The van der Waals surface area contributed by atoms with E-state index in [1.165, 1.54) is 0 Å². The molecule has 2 rings (SSSR count). The van der Waals surface area contributed by atoms with Gasteiger partial charge in [-0.05, 0) is 43.0 Å². The van der Waals surface area contributed by atoms with Crippen LogP contribution in [0.25, 0.3) is 0 Å². The number of nitro groups is 1. The molecule has 108 valence electrons. The summed E-state index contributed by atoms with van der Waals surface area (Å²) in [6, 6.07) is 3.75. The molecule has 0 aliphatic rings. The summed E-state index contributed by atoms with van der Waals surface area (Å²) in [5.74, 6) is 0. The van der Waals surface area contributed by atoms with E-state index >= 15 is 0 Å². The fourth-order valence-electron chi connectivity index (χ4n) is 1.72. The van der Waals surface area contributed by atoms with Crippen LogP contribution in [0, 0.1) is 30.9 Å². The van der Waals surface area contributed by atoms with Crippen molar-refractivity contribution in [2.24, 2.45) is 0 Å². The van der Waals surface area contributed by atoms with Gasteiger partial charge in [-0.2, -0.15) is 4.98 Å². The maximum atomic E-state index is 10.8. The van der Waals surface area contributed by atoms with Crippen LogP contribution in [0.15, 0.2) is 29.7 Å². The molecule has 8 nitrogen and oxygen atoms in total. The molecule has 1 unspecified atom stereocenters. The van der Waals surface area contributed by atoms with E-state index in [1.807, 2.05) is 32.9 Å². The first-order chi connectivity index (χ1) is 9.32. The average Bonchev–Trinajstić information content (AvgIpc) is 2.80. The molecule has 9 heteroatoms. The van der Waals surface area contributed by atoms with Crippen LogP contribution in [-0.4, -0.2) is 28.7 Å². The van der Waals surface area contributed by atoms with Crippen molar-refractivity contribution < 1.29 is 13.8 Å². The number of nitrogens with zero attached hydrogens (tertiary/aromatic N) is 4. The minimum atomic E-state index is -2.11. The Morgan fingerprint density at radius 3 is 2.10 bits per heavy atom. The predicted octanol–water partition coefficient (Wildman–Crippen LogP) is 1.17. The van der Waals surface area contributed by atoms with Crippen molar-refractivity contribution in [3.63, 3.8) is 0 Å². The lowest BCUT2D eigenvalue weighted by Crippen LogP contribution is -2.07. The van der Waals surface area contributed by atoms with Crippen LogP contribution in [0.5, 0.6) is 0 Å². The molecular formula is C11H13N4O4S-. The third-order valence-electron chi connectivity index (χ3n) is 2.35. The van der Waals surface area contributed by atoms with Gasteiger partial charge in [0.15, 0.2) is 6.33 Å². The third-order valence-corrected chi connectivity index (χ3v) is 3.32. The van der Waals surface area contributed by atoms with Crippen molar-refractivity contribution in [3.8, 4) is 0 Å². The molecular weight excluding hydrogens is 284 g/mol. The number of aromatic nitrogens is 3. The van der Waals surface area contributed by atoms with E-state index in [1.54, 1.807) is 0 Å². The normalized spacial score (nSPS) is 11.4. The molecule has 0 aliphatic heterocycles. The van der Waals surface area contributed by atoms with Gasteiger partial charge in [0.2, 0.25) is 0 Å². The molecule has 0 N–H and O–H groups in total. The van der Waals surface area contributed by atoms with E-state index in [-0.39, 0.29) is 0 Å². The minimum absolute atomic E-state index is 0.431. The van der Waals surface area contributed by atoms with Gasteiger partial charge in [-0.1, -0.05) is 17.7 Å².